The lowest BCUT2D eigenvalue weighted by Gasteiger charge is -2.24. The van der Waals surface area contributed by atoms with Crippen molar-refractivity contribution in [3.8, 4) is 0 Å². The van der Waals surface area contributed by atoms with Crippen LogP contribution in [0.4, 0.5) is 11.4 Å². The maximum atomic E-state index is 12.4. The molecule has 3 N–H and O–H groups in total. The smallest absolute Gasteiger partial charge is 0.244 e. The number of nitrogens with two attached hydrogens (primary N) is 1. The molecule has 0 bridgehead atoms. The van der Waals surface area contributed by atoms with Gasteiger partial charge in [0.25, 0.3) is 0 Å². The van der Waals surface area contributed by atoms with Crippen LogP contribution in [0.5, 0.6) is 0 Å². The third-order valence-electron chi connectivity index (χ3n) is 3.64. The van der Waals surface area contributed by atoms with E-state index >= 15 is 0 Å². The van der Waals surface area contributed by atoms with E-state index < -0.39 is 5.54 Å². The second kappa shape index (κ2) is 5.51. The number of hydrogen-bond acceptors (Lipinski definition) is 3. The van der Waals surface area contributed by atoms with E-state index in [9.17, 15) is 4.79 Å². The van der Waals surface area contributed by atoms with Gasteiger partial charge in [-0.25, -0.2) is 0 Å². The third-order valence-corrected chi connectivity index (χ3v) is 4.13. The molecule has 2 rings (SSSR count). The summed E-state index contributed by atoms with van der Waals surface area (Å²) in [6.07, 6.45) is 3.60. The average Bonchev–Trinajstić information content (AvgIpc) is 2.77. The van der Waals surface area contributed by atoms with Crippen molar-refractivity contribution >= 4 is 33.2 Å². The number of amides is 1. The summed E-state index contributed by atoms with van der Waals surface area (Å²) in [5.74, 6) is -0.0776. The summed E-state index contributed by atoms with van der Waals surface area (Å²) in [5.41, 5.74) is 7.24. The lowest BCUT2D eigenvalue weighted by molar-refractivity contribution is -0.120. The molecule has 0 atom stereocenters. The zero-order valence-corrected chi connectivity index (χ0v) is 13.0. The lowest BCUT2D eigenvalue weighted by atomic mass is 9.98. The van der Waals surface area contributed by atoms with E-state index in [-0.39, 0.29) is 5.91 Å². The number of rotatable bonds is 3. The predicted molar refractivity (Wildman–Crippen MR) is 82.5 cm³/mol. The molecule has 0 aliphatic heterocycles. The van der Waals surface area contributed by atoms with Crippen molar-refractivity contribution in [3.05, 3.63) is 22.7 Å². The van der Waals surface area contributed by atoms with Crippen LogP contribution in [0.15, 0.2) is 22.7 Å². The number of anilines is 2. The van der Waals surface area contributed by atoms with Gasteiger partial charge in [-0.1, -0.05) is 28.8 Å². The molecular weight excluding hydrogens is 306 g/mol. The Morgan fingerprint density at radius 3 is 2.58 bits per heavy atom. The van der Waals surface area contributed by atoms with E-state index in [1.165, 1.54) is 0 Å². The Morgan fingerprint density at radius 2 is 2.00 bits per heavy atom. The second-order valence-corrected chi connectivity index (χ2v) is 6.29. The van der Waals surface area contributed by atoms with Crippen LogP contribution < -0.4 is 16.0 Å². The molecule has 0 heterocycles. The van der Waals surface area contributed by atoms with Gasteiger partial charge in [-0.05, 0) is 31.0 Å². The monoisotopic (exact) mass is 325 g/mol. The SMILES string of the molecule is CN(C)c1ccc(Br)cc1NC(=O)C1(N)CCCC1. The highest BCUT2D eigenvalue weighted by atomic mass is 79.9. The van der Waals surface area contributed by atoms with Crippen LogP contribution in [0.3, 0.4) is 0 Å². The minimum absolute atomic E-state index is 0.0776. The fourth-order valence-corrected chi connectivity index (χ4v) is 2.84. The van der Waals surface area contributed by atoms with E-state index in [4.69, 9.17) is 5.73 Å². The predicted octanol–water partition coefficient (Wildman–Crippen LogP) is 2.73. The molecule has 19 heavy (non-hydrogen) atoms. The summed E-state index contributed by atoms with van der Waals surface area (Å²) >= 11 is 3.43. The highest BCUT2D eigenvalue weighted by molar-refractivity contribution is 9.10. The molecule has 0 spiro atoms. The van der Waals surface area contributed by atoms with Crippen LogP contribution in [-0.4, -0.2) is 25.5 Å². The topological polar surface area (TPSA) is 58.4 Å². The quantitative estimate of drug-likeness (QED) is 0.898. The van der Waals surface area contributed by atoms with Crippen molar-refractivity contribution in [2.75, 3.05) is 24.3 Å². The van der Waals surface area contributed by atoms with Gasteiger partial charge in [0.05, 0.1) is 16.9 Å². The number of nitrogens with one attached hydrogen (secondary N) is 1. The summed E-state index contributed by atoms with van der Waals surface area (Å²) < 4.78 is 0.936. The van der Waals surface area contributed by atoms with Gasteiger partial charge in [0.2, 0.25) is 5.91 Å². The molecule has 1 aromatic rings. The standard InChI is InChI=1S/C14H20BrN3O/c1-18(2)12-6-5-10(15)9-11(12)17-13(19)14(16)7-3-4-8-14/h5-6,9H,3-4,7-8,16H2,1-2H3,(H,17,19). The fourth-order valence-electron chi connectivity index (χ4n) is 2.48. The Hall–Kier alpha value is -1.07. The normalized spacial score (nSPS) is 17.3. The van der Waals surface area contributed by atoms with Crippen LogP contribution in [0, 0.1) is 0 Å². The fraction of sp³-hybridized carbons (Fsp3) is 0.500. The van der Waals surface area contributed by atoms with E-state index in [1.54, 1.807) is 0 Å². The largest absolute Gasteiger partial charge is 0.376 e. The van der Waals surface area contributed by atoms with Crippen molar-refractivity contribution in [3.63, 3.8) is 0 Å². The third kappa shape index (κ3) is 3.09. The van der Waals surface area contributed by atoms with Crippen LogP contribution in [0.2, 0.25) is 0 Å². The lowest BCUT2D eigenvalue weighted by Crippen LogP contribution is -2.48. The molecule has 4 nitrogen and oxygen atoms in total. The molecule has 0 saturated heterocycles. The average molecular weight is 326 g/mol. The Balaban J connectivity index is 2.23. The first-order chi connectivity index (χ1) is 8.92. The first-order valence-corrected chi connectivity index (χ1v) is 7.29. The second-order valence-electron chi connectivity index (χ2n) is 5.37. The highest BCUT2D eigenvalue weighted by Crippen LogP contribution is 2.32. The number of carbonyl (C=O) groups is 1. The molecule has 1 fully saturated rings. The van der Waals surface area contributed by atoms with Crippen molar-refractivity contribution in [2.24, 2.45) is 5.73 Å². The minimum Gasteiger partial charge on any atom is -0.376 e. The van der Waals surface area contributed by atoms with E-state index in [0.717, 1.165) is 41.5 Å². The minimum atomic E-state index is -0.702. The summed E-state index contributed by atoms with van der Waals surface area (Å²) in [6, 6.07) is 5.84. The zero-order valence-electron chi connectivity index (χ0n) is 11.4. The molecule has 5 heteroatoms. The van der Waals surface area contributed by atoms with Gasteiger partial charge in [-0.2, -0.15) is 0 Å². The van der Waals surface area contributed by atoms with Gasteiger partial charge in [-0.3, -0.25) is 4.79 Å². The number of carbonyl (C=O) groups excluding carboxylic acids is 1. The molecular formula is C14H20BrN3O. The first-order valence-electron chi connectivity index (χ1n) is 6.49. The van der Waals surface area contributed by atoms with Gasteiger partial charge in [0, 0.05) is 18.6 Å². The maximum Gasteiger partial charge on any atom is 0.244 e. The van der Waals surface area contributed by atoms with Crippen molar-refractivity contribution in [2.45, 2.75) is 31.2 Å². The van der Waals surface area contributed by atoms with Gasteiger partial charge < -0.3 is 16.0 Å². The first kappa shape index (κ1) is 14.3. The molecule has 1 saturated carbocycles. The van der Waals surface area contributed by atoms with Gasteiger partial charge in [-0.15, -0.1) is 0 Å². The van der Waals surface area contributed by atoms with E-state index in [0.29, 0.717) is 0 Å². The van der Waals surface area contributed by atoms with Crippen LogP contribution in [0.25, 0.3) is 0 Å². The summed E-state index contributed by atoms with van der Waals surface area (Å²) in [4.78, 5) is 14.3. The number of hydrogen-bond donors (Lipinski definition) is 2. The van der Waals surface area contributed by atoms with Gasteiger partial charge >= 0.3 is 0 Å². The van der Waals surface area contributed by atoms with E-state index in [1.807, 2.05) is 37.2 Å². The Labute approximate surface area is 122 Å². The number of benzene rings is 1. The molecule has 1 aliphatic carbocycles. The maximum absolute atomic E-state index is 12.4. The molecule has 1 amide bonds. The zero-order chi connectivity index (χ0) is 14.0. The van der Waals surface area contributed by atoms with Gasteiger partial charge in [0.15, 0.2) is 0 Å². The molecule has 1 aromatic carbocycles. The Bertz CT molecular complexity index is 482. The molecule has 0 aromatic heterocycles. The van der Waals surface area contributed by atoms with Crippen LogP contribution in [0.1, 0.15) is 25.7 Å². The molecule has 1 aliphatic rings. The van der Waals surface area contributed by atoms with Gasteiger partial charge in [0.1, 0.15) is 0 Å². The Kier molecular flexibility index (Phi) is 4.16. The van der Waals surface area contributed by atoms with Crippen LogP contribution in [-0.2, 0) is 4.79 Å². The van der Waals surface area contributed by atoms with Crippen molar-refractivity contribution in [1.82, 2.24) is 0 Å². The molecule has 104 valence electrons. The Morgan fingerprint density at radius 1 is 1.37 bits per heavy atom. The summed E-state index contributed by atoms with van der Waals surface area (Å²) in [5, 5.41) is 2.98. The number of nitrogens with zero attached hydrogens (tertiary/aromatic N) is 1. The number of halogens is 1. The van der Waals surface area contributed by atoms with Crippen LogP contribution >= 0.6 is 15.9 Å². The van der Waals surface area contributed by atoms with Crippen molar-refractivity contribution < 1.29 is 4.79 Å². The highest BCUT2D eigenvalue weighted by Gasteiger charge is 2.37. The summed E-state index contributed by atoms with van der Waals surface area (Å²) in [7, 11) is 3.90. The van der Waals surface area contributed by atoms with Crippen molar-refractivity contribution in [1.29, 1.82) is 0 Å². The summed E-state index contributed by atoms with van der Waals surface area (Å²) in [6.45, 7) is 0. The molecule has 0 radical (unpaired) electrons. The van der Waals surface area contributed by atoms with E-state index in [2.05, 4.69) is 21.2 Å². The molecule has 0 unspecified atom stereocenters.